The van der Waals surface area contributed by atoms with Gasteiger partial charge < -0.3 is 14.3 Å². The second-order valence-electron chi connectivity index (χ2n) is 6.97. The van der Waals surface area contributed by atoms with Crippen LogP contribution >= 0.6 is 0 Å². The van der Waals surface area contributed by atoms with Crippen molar-refractivity contribution in [2.45, 2.75) is 26.2 Å². The summed E-state index contributed by atoms with van der Waals surface area (Å²) in [6, 6.07) is 9.76. The first-order valence-electron chi connectivity index (χ1n) is 8.68. The fourth-order valence-corrected chi connectivity index (χ4v) is 4.03. The lowest BCUT2D eigenvalue weighted by atomic mass is 9.78. The molecule has 4 rings (SSSR count). The molecule has 2 aromatic rings. The predicted octanol–water partition coefficient (Wildman–Crippen LogP) is 2.64. The zero-order valence-corrected chi connectivity index (χ0v) is 14.3. The third kappa shape index (κ3) is 2.62. The summed E-state index contributed by atoms with van der Waals surface area (Å²) in [4.78, 5) is 29.6. The Morgan fingerprint density at radius 2 is 2.00 bits per heavy atom. The van der Waals surface area contributed by atoms with Crippen molar-refractivity contribution in [1.82, 2.24) is 10.1 Å². The zero-order chi connectivity index (χ0) is 17.4. The maximum atomic E-state index is 13.2. The number of hydrogen-bond donors (Lipinski definition) is 0. The van der Waals surface area contributed by atoms with Crippen LogP contribution in [0.25, 0.3) is 0 Å². The molecule has 0 radical (unpaired) electrons. The van der Waals surface area contributed by atoms with E-state index >= 15 is 0 Å². The molecule has 2 aliphatic rings. The van der Waals surface area contributed by atoms with E-state index in [2.05, 4.69) is 5.16 Å². The molecule has 25 heavy (non-hydrogen) atoms. The molecule has 1 spiro atoms. The number of aryl methyl sites for hydroxylation is 1. The number of likely N-dealkylation sites (tertiary alicyclic amines) is 1. The van der Waals surface area contributed by atoms with Crippen LogP contribution in [-0.4, -0.2) is 41.5 Å². The van der Waals surface area contributed by atoms with Gasteiger partial charge in [0.05, 0.1) is 11.1 Å². The van der Waals surface area contributed by atoms with Gasteiger partial charge in [0.1, 0.15) is 11.8 Å². The van der Waals surface area contributed by atoms with E-state index < -0.39 is 5.41 Å². The summed E-state index contributed by atoms with van der Waals surface area (Å²) < 4.78 is 4.90. The molecule has 6 heteroatoms. The molecule has 2 saturated heterocycles. The minimum atomic E-state index is -0.463. The summed E-state index contributed by atoms with van der Waals surface area (Å²) in [6.07, 6.45) is 3.85. The van der Waals surface area contributed by atoms with Crippen molar-refractivity contribution >= 4 is 17.5 Å². The van der Waals surface area contributed by atoms with Gasteiger partial charge in [0.25, 0.3) is 5.91 Å². The largest absolute Gasteiger partial charge is 0.364 e. The lowest BCUT2D eigenvalue weighted by Crippen LogP contribution is -2.50. The van der Waals surface area contributed by atoms with Gasteiger partial charge in [0.15, 0.2) is 0 Å². The molecule has 3 heterocycles. The smallest absolute Gasteiger partial charge is 0.259 e. The number of benzene rings is 1. The highest BCUT2D eigenvalue weighted by Crippen LogP contribution is 2.42. The molecule has 2 amide bonds. The monoisotopic (exact) mass is 339 g/mol. The van der Waals surface area contributed by atoms with Gasteiger partial charge >= 0.3 is 0 Å². The normalized spacial score (nSPS) is 23.5. The molecule has 2 fully saturated rings. The third-order valence-corrected chi connectivity index (χ3v) is 5.43. The second kappa shape index (κ2) is 6.02. The molecule has 0 unspecified atom stereocenters. The van der Waals surface area contributed by atoms with Gasteiger partial charge in [-0.05, 0) is 38.3 Å². The van der Waals surface area contributed by atoms with E-state index in [1.54, 1.807) is 11.8 Å². The standard InChI is InChI=1S/C19H21N3O3/c1-14-16(12-25-20-14)17(23)21-10-5-8-19(13-21)9-11-22(18(19)24)15-6-3-2-4-7-15/h2-4,6-7,12H,5,8-11,13H2,1H3/t19-/m0/s1. The van der Waals surface area contributed by atoms with Crippen molar-refractivity contribution < 1.29 is 14.1 Å². The maximum Gasteiger partial charge on any atom is 0.259 e. The third-order valence-electron chi connectivity index (χ3n) is 5.43. The van der Waals surface area contributed by atoms with Gasteiger partial charge in [-0.3, -0.25) is 9.59 Å². The molecule has 0 bridgehead atoms. The molecule has 130 valence electrons. The predicted molar refractivity (Wildman–Crippen MR) is 92.2 cm³/mol. The molecule has 2 aliphatic heterocycles. The number of carbonyl (C=O) groups excluding carboxylic acids is 2. The average Bonchev–Trinajstić information content (AvgIpc) is 3.20. The molecule has 1 atom stereocenters. The fraction of sp³-hybridized carbons (Fsp3) is 0.421. The van der Waals surface area contributed by atoms with Crippen molar-refractivity contribution in [3.8, 4) is 0 Å². The van der Waals surface area contributed by atoms with Crippen LogP contribution in [0.4, 0.5) is 5.69 Å². The number of amides is 2. The van der Waals surface area contributed by atoms with Crippen molar-refractivity contribution in [2.24, 2.45) is 5.41 Å². The number of aromatic nitrogens is 1. The summed E-state index contributed by atoms with van der Waals surface area (Å²) in [7, 11) is 0. The van der Waals surface area contributed by atoms with Crippen LogP contribution in [0.15, 0.2) is 41.1 Å². The summed E-state index contributed by atoms with van der Waals surface area (Å²) >= 11 is 0. The first kappa shape index (κ1) is 15.9. The molecular weight excluding hydrogens is 318 g/mol. The Hall–Kier alpha value is -2.63. The minimum absolute atomic E-state index is 0.0937. The first-order valence-corrected chi connectivity index (χ1v) is 8.68. The van der Waals surface area contributed by atoms with Crippen LogP contribution in [0.1, 0.15) is 35.3 Å². The van der Waals surface area contributed by atoms with Crippen molar-refractivity contribution in [2.75, 3.05) is 24.5 Å². The summed E-state index contributed by atoms with van der Waals surface area (Å²) in [5.41, 5.74) is 1.55. The van der Waals surface area contributed by atoms with Crippen LogP contribution in [0.5, 0.6) is 0 Å². The number of hydrogen-bond acceptors (Lipinski definition) is 4. The SMILES string of the molecule is Cc1nocc1C(=O)N1CCC[C@]2(CCN(c3ccccc3)C2=O)C1. The van der Waals surface area contributed by atoms with Gasteiger partial charge in [-0.1, -0.05) is 23.4 Å². The van der Waals surface area contributed by atoms with Gasteiger partial charge in [-0.25, -0.2) is 0 Å². The van der Waals surface area contributed by atoms with Gasteiger partial charge in [-0.2, -0.15) is 0 Å². The van der Waals surface area contributed by atoms with Crippen LogP contribution in [0.3, 0.4) is 0 Å². The van der Waals surface area contributed by atoms with E-state index in [1.165, 1.54) is 6.26 Å². The Morgan fingerprint density at radius 1 is 1.20 bits per heavy atom. The molecule has 0 saturated carbocycles. The number of rotatable bonds is 2. The van der Waals surface area contributed by atoms with Gasteiger partial charge in [0, 0.05) is 25.3 Å². The van der Waals surface area contributed by atoms with Crippen molar-refractivity contribution in [1.29, 1.82) is 0 Å². The van der Waals surface area contributed by atoms with E-state index in [4.69, 9.17) is 4.52 Å². The topological polar surface area (TPSA) is 66.7 Å². The number of anilines is 1. The lowest BCUT2D eigenvalue weighted by Gasteiger charge is -2.39. The van der Waals surface area contributed by atoms with E-state index in [-0.39, 0.29) is 11.8 Å². The van der Waals surface area contributed by atoms with Crippen LogP contribution in [0.2, 0.25) is 0 Å². The highest BCUT2D eigenvalue weighted by molar-refractivity contribution is 6.01. The Kier molecular flexibility index (Phi) is 3.82. The van der Waals surface area contributed by atoms with Crippen molar-refractivity contribution in [3.63, 3.8) is 0 Å². The quantitative estimate of drug-likeness (QED) is 0.844. The number of piperidine rings is 1. The van der Waals surface area contributed by atoms with E-state index in [0.29, 0.717) is 30.9 Å². The van der Waals surface area contributed by atoms with Gasteiger partial charge in [-0.15, -0.1) is 0 Å². The number of para-hydroxylation sites is 1. The molecule has 0 N–H and O–H groups in total. The minimum Gasteiger partial charge on any atom is -0.364 e. The fourth-order valence-electron chi connectivity index (χ4n) is 4.03. The Morgan fingerprint density at radius 3 is 2.72 bits per heavy atom. The summed E-state index contributed by atoms with van der Waals surface area (Å²) in [5.74, 6) is 0.0435. The summed E-state index contributed by atoms with van der Waals surface area (Å²) in [5, 5.41) is 3.79. The second-order valence-corrected chi connectivity index (χ2v) is 6.97. The first-order chi connectivity index (χ1) is 12.1. The average molecular weight is 339 g/mol. The van der Waals surface area contributed by atoms with E-state index in [9.17, 15) is 9.59 Å². The molecule has 1 aromatic carbocycles. The lowest BCUT2D eigenvalue weighted by molar-refractivity contribution is -0.127. The molecule has 0 aliphatic carbocycles. The highest BCUT2D eigenvalue weighted by Gasteiger charge is 2.50. The number of carbonyl (C=O) groups is 2. The van der Waals surface area contributed by atoms with Crippen LogP contribution in [0, 0.1) is 12.3 Å². The number of nitrogens with zero attached hydrogens (tertiary/aromatic N) is 3. The Balaban J connectivity index is 1.56. The molecule has 1 aromatic heterocycles. The molecular formula is C19H21N3O3. The summed E-state index contributed by atoms with van der Waals surface area (Å²) in [6.45, 7) is 3.61. The van der Waals surface area contributed by atoms with Crippen molar-refractivity contribution in [3.05, 3.63) is 47.9 Å². The van der Waals surface area contributed by atoms with Crippen LogP contribution in [-0.2, 0) is 4.79 Å². The highest BCUT2D eigenvalue weighted by atomic mass is 16.5. The Bertz CT molecular complexity index is 801. The van der Waals surface area contributed by atoms with E-state index in [1.807, 2.05) is 35.2 Å². The maximum absolute atomic E-state index is 13.2. The van der Waals surface area contributed by atoms with Gasteiger partial charge in [0.2, 0.25) is 5.91 Å². The molecule has 6 nitrogen and oxygen atoms in total. The van der Waals surface area contributed by atoms with E-state index in [0.717, 1.165) is 24.9 Å². The zero-order valence-electron chi connectivity index (χ0n) is 14.3. The van der Waals surface area contributed by atoms with Crippen LogP contribution < -0.4 is 4.90 Å². The Labute approximate surface area is 146 Å².